The number of carbonyl (C=O) groups is 2. The lowest BCUT2D eigenvalue weighted by Gasteiger charge is -2.38. The van der Waals surface area contributed by atoms with E-state index in [9.17, 15) is 19.7 Å². The van der Waals surface area contributed by atoms with E-state index in [0.29, 0.717) is 49.0 Å². The number of carbonyl (C=O) groups excluding carboxylic acids is 2. The first-order valence-electron chi connectivity index (χ1n) is 11.3. The smallest absolute Gasteiger partial charge is 0.338 e. The van der Waals surface area contributed by atoms with Crippen molar-refractivity contribution in [2.75, 3.05) is 44.2 Å². The second kappa shape index (κ2) is 10.7. The molecule has 1 saturated heterocycles. The van der Waals surface area contributed by atoms with Crippen LogP contribution in [0.5, 0.6) is 0 Å². The zero-order valence-corrected chi connectivity index (χ0v) is 20.0. The number of rotatable bonds is 7. The van der Waals surface area contributed by atoms with Crippen LogP contribution < -0.4 is 15.5 Å². The Morgan fingerprint density at radius 1 is 1.11 bits per heavy atom. The zero-order chi connectivity index (χ0) is 24.9. The van der Waals surface area contributed by atoms with Crippen LogP contribution in [0.15, 0.2) is 59.8 Å². The summed E-state index contributed by atoms with van der Waals surface area (Å²) in [5.41, 5.74) is 2.58. The topological polar surface area (TPSA) is 117 Å². The fraction of sp³-hybridized carbons (Fsp3) is 0.333. The molecule has 0 aliphatic carbocycles. The van der Waals surface area contributed by atoms with Crippen LogP contribution in [0.2, 0.25) is 5.02 Å². The van der Waals surface area contributed by atoms with Crippen LogP contribution >= 0.6 is 11.6 Å². The third-order valence-corrected chi connectivity index (χ3v) is 6.28. The molecule has 10 nitrogen and oxygen atoms in total. The average Bonchev–Trinajstić information content (AvgIpc) is 2.85. The molecule has 2 aromatic rings. The quantitative estimate of drug-likeness (QED) is 0.341. The number of nitrogens with one attached hydrogen (secondary N) is 2. The van der Waals surface area contributed by atoms with Crippen molar-refractivity contribution in [2.45, 2.75) is 13.0 Å². The molecule has 2 aromatic carbocycles. The number of non-ortho nitro benzene ring substituents is 1. The van der Waals surface area contributed by atoms with Crippen LogP contribution in [0.4, 0.5) is 16.2 Å². The van der Waals surface area contributed by atoms with Gasteiger partial charge in [0.2, 0.25) is 0 Å². The van der Waals surface area contributed by atoms with Gasteiger partial charge in [-0.3, -0.25) is 15.0 Å². The highest BCUT2D eigenvalue weighted by atomic mass is 35.5. The molecule has 11 heteroatoms. The van der Waals surface area contributed by atoms with Gasteiger partial charge in [0.1, 0.15) is 0 Å². The van der Waals surface area contributed by atoms with E-state index in [2.05, 4.69) is 20.4 Å². The Balaban J connectivity index is 1.51. The van der Waals surface area contributed by atoms with Gasteiger partial charge < -0.3 is 20.3 Å². The van der Waals surface area contributed by atoms with E-state index in [1.807, 2.05) is 0 Å². The molecule has 184 valence electrons. The average molecular weight is 500 g/mol. The highest BCUT2D eigenvalue weighted by Crippen LogP contribution is 2.29. The number of nitro groups is 1. The Kier molecular flexibility index (Phi) is 7.52. The molecule has 0 aromatic heterocycles. The maximum atomic E-state index is 12.9. The Labute approximate surface area is 207 Å². The van der Waals surface area contributed by atoms with E-state index in [1.54, 1.807) is 43.3 Å². The Hall–Kier alpha value is -3.63. The molecular formula is C24H26ClN5O5. The molecule has 2 heterocycles. The highest BCUT2D eigenvalue weighted by Gasteiger charge is 2.34. The van der Waals surface area contributed by atoms with Crippen LogP contribution in [0, 0.1) is 10.1 Å². The summed E-state index contributed by atoms with van der Waals surface area (Å²) in [4.78, 5) is 40.2. The minimum absolute atomic E-state index is 0.0581. The molecule has 2 aliphatic rings. The van der Waals surface area contributed by atoms with E-state index < -0.39 is 23.0 Å². The minimum atomic E-state index is -0.656. The van der Waals surface area contributed by atoms with Crippen molar-refractivity contribution in [1.29, 1.82) is 0 Å². The van der Waals surface area contributed by atoms with E-state index in [-0.39, 0.29) is 12.3 Å². The van der Waals surface area contributed by atoms with E-state index in [0.717, 1.165) is 11.3 Å². The summed E-state index contributed by atoms with van der Waals surface area (Å²) < 4.78 is 5.32. The molecule has 4 rings (SSSR count). The summed E-state index contributed by atoms with van der Waals surface area (Å²) in [6.45, 7) is 5.10. The second-order valence-electron chi connectivity index (χ2n) is 8.23. The van der Waals surface area contributed by atoms with Gasteiger partial charge in [0.25, 0.3) is 5.69 Å². The summed E-state index contributed by atoms with van der Waals surface area (Å²) in [5, 5.41) is 17.1. The Bertz CT molecular complexity index is 1130. The predicted octanol–water partition coefficient (Wildman–Crippen LogP) is 3.24. The highest BCUT2D eigenvalue weighted by molar-refractivity contribution is 6.30. The zero-order valence-electron chi connectivity index (χ0n) is 19.2. The largest absolute Gasteiger partial charge is 0.463 e. The molecular weight excluding hydrogens is 474 g/mol. The van der Waals surface area contributed by atoms with Gasteiger partial charge in [-0.15, -0.1) is 0 Å². The third kappa shape index (κ3) is 5.72. The van der Waals surface area contributed by atoms with Gasteiger partial charge in [0.05, 0.1) is 23.1 Å². The normalized spacial score (nSPS) is 18.6. The lowest BCUT2D eigenvalue weighted by Crippen LogP contribution is -2.51. The van der Waals surface area contributed by atoms with E-state index >= 15 is 0 Å². The van der Waals surface area contributed by atoms with Gasteiger partial charge >= 0.3 is 12.0 Å². The fourth-order valence-electron chi connectivity index (χ4n) is 4.27. The van der Waals surface area contributed by atoms with Crippen molar-refractivity contribution in [3.8, 4) is 0 Å². The second-order valence-corrected chi connectivity index (χ2v) is 8.67. The number of urea groups is 1. The summed E-state index contributed by atoms with van der Waals surface area (Å²) >= 11 is 6.02. The summed E-state index contributed by atoms with van der Waals surface area (Å²) in [6.07, 6.45) is 0. The van der Waals surface area contributed by atoms with Crippen molar-refractivity contribution in [1.82, 2.24) is 15.5 Å². The number of amides is 2. The number of hydrogen-bond acceptors (Lipinski definition) is 7. The number of piperazine rings is 1. The number of esters is 1. The third-order valence-electron chi connectivity index (χ3n) is 6.03. The molecule has 0 saturated carbocycles. The van der Waals surface area contributed by atoms with Gasteiger partial charge in [-0.2, -0.15) is 0 Å². The van der Waals surface area contributed by atoms with Gasteiger partial charge in [-0.25, -0.2) is 9.59 Å². The molecule has 1 atom stereocenters. The van der Waals surface area contributed by atoms with Crippen LogP contribution in [0.25, 0.3) is 0 Å². The maximum absolute atomic E-state index is 12.9. The summed E-state index contributed by atoms with van der Waals surface area (Å²) in [6, 6.07) is 12.4. The first kappa shape index (κ1) is 24.5. The van der Waals surface area contributed by atoms with Crippen LogP contribution in [0.1, 0.15) is 18.5 Å². The minimum Gasteiger partial charge on any atom is -0.463 e. The van der Waals surface area contributed by atoms with Gasteiger partial charge in [-0.05, 0) is 36.8 Å². The van der Waals surface area contributed by atoms with Crippen molar-refractivity contribution < 1.29 is 19.2 Å². The first-order chi connectivity index (χ1) is 16.9. The van der Waals surface area contributed by atoms with Crippen molar-refractivity contribution >= 4 is 35.0 Å². The molecule has 0 bridgehead atoms. The van der Waals surface area contributed by atoms with Gasteiger partial charge in [-0.1, -0.05) is 23.7 Å². The Morgan fingerprint density at radius 3 is 2.37 bits per heavy atom. The van der Waals surface area contributed by atoms with Gasteiger partial charge in [0.15, 0.2) is 0 Å². The van der Waals surface area contributed by atoms with Crippen LogP contribution in [-0.2, 0) is 9.53 Å². The maximum Gasteiger partial charge on any atom is 0.338 e. The molecule has 35 heavy (non-hydrogen) atoms. The van der Waals surface area contributed by atoms with E-state index in [1.165, 1.54) is 12.1 Å². The first-order valence-corrected chi connectivity index (χ1v) is 11.7. The number of halogens is 1. The number of anilines is 1. The molecule has 0 radical (unpaired) electrons. The summed E-state index contributed by atoms with van der Waals surface area (Å²) in [7, 11) is 0. The van der Waals surface area contributed by atoms with Crippen molar-refractivity contribution in [3.63, 3.8) is 0 Å². The standard InChI is InChI=1S/C24H26ClN5O5/c1-2-35-23(31)21-20(26-24(32)27-22(21)16-3-5-17(25)6-4-16)15-28-11-13-29(14-12-28)18-7-9-19(10-8-18)30(33)34/h3-10,22H,2,11-15H2,1H3,(H2,26,27,32)/t22-/m0/s1. The fourth-order valence-corrected chi connectivity index (χ4v) is 4.40. The SMILES string of the molecule is CCOC(=O)C1=C(CN2CCN(c3ccc([N+](=O)[O-])cc3)CC2)NC(=O)N[C@H]1c1ccc(Cl)cc1. The molecule has 1 fully saturated rings. The van der Waals surface area contributed by atoms with Crippen LogP contribution in [0.3, 0.4) is 0 Å². The lowest BCUT2D eigenvalue weighted by atomic mass is 9.95. The number of ether oxygens (including phenoxy) is 1. The number of nitrogens with zero attached hydrogens (tertiary/aromatic N) is 3. The van der Waals surface area contributed by atoms with Crippen molar-refractivity contribution in [3.05, 3.63) is 80.5 Å². The van der Waals surface area contributed by atoms with Crippen molar-refractivity contribution in [2.24, 2.45) is 0 Å². The summed E-state index contributed by atoms with van der Waals surface area (Å²) in [5.74, 6) is -0.487. The van der Waals surface area contributed by atoms with Crippen LogP contribution in [-0.4, -0.2) is 61.2 Å². The number of nitro benzene ring substituents is 1. The monoisotopic (exact) mass is 499 g/mol. The van der Waals surface area contributed by atoms with Gasteiger partial charge in [0, 0.05) is 61.3 Å². The lowest BCUT2D eigenvalue weighted by molar-refractivity contribution is -0.384. The molecule has 2 amide bonds. The molecule has 0 unspecified atom stereocenters. The Morgan fingerprint density at radius 2 is 1.77 bits per heavy atom. The number of benzene rings is 2. The van der Waals surface area contributed by atoms with E-state index in [4.69, 9.17) is 16.3 Å². The molecule has 2 aliphatic heterocycles. The number of hydrogen-bond donors (Lipinski definition) is 2. The molecule has 0 spiro atoms. The predicted molar refractivity (Wildman–Crippen MR) is 131 cm³/mol. The molecule has 2 N–H and O–H groups in total.